The summed E-state index contributed by atoms with van der Waals surface area (Å²) < 4.78 is 38.1. The Morgan fingerprint density at radius 3 is 2.74 bits per heavy atom. The predicted molar refractivity (Wildman–Crippen MR) is 68.2 cm³/mol. The quantitative estimate of drug-likeness (QED) is 0.936. The largest absolute Gasteiger partial charge is 0.401 e. The minimum Gasteiger partial charge on any atom is -0.327 e. The maximum atomic E-state index is 12.1. The van der Waals surface area contributed by atoms with E-state index in [1.165, 1.54) is 0 Å². The fraction of sp³-hybridized carbons (Fsp3) is 0.417. The second kappa shape index (κ2) is 5.38. The van der Waals surface area contributed by atoms with Crippen molar-refractivity contribution in [3.8, 4) is 0 Å². The van der Waals surface area contributed by atoms with Gasteiger partial charge in [-0.25, -0.2) is 4.98 Å². The second-order valence-corrected chi connectivity index (χ2v) is 4.56. The molecule has 7 heteroatoms. The molecule has 0 saturated heterocycles. The topological polar surface area (TPSA) is 29.9 Å². The number of nitrogens with one attached hydrogen (secondary N) is 1. The first-order chi connectivity index (χ1) is 8.90. The van der Waals surface area contributed by atoms with E-state index in [-0.39, 0.29) is 6.54 Å². The van der Waals surface area contributed by atoms with Crippen molar-refractivity contribution in [3.05, 3.63) is 29.0 Å². The molecule has 104 valence electrons. The lowest BCUT2D eigenvalue weighted by Crippen LogP contribution is -2.29. The number of nitrogens with zero attached hydrogens (tertiary/aromatic N) is 2. The third-order valence-corrected chi connectivity index (χ3v) is 2.95. The lowest BCUT2D eigenvalue weighted by atomic mass is 10.3. The molecule has 0 aliphatic rings. The van der Waals surface area contributed by atoms with Crippen LogP contribution in [-0.2, 0) is 13.1 Å². The van der Waals surface area contributed by atoms with E-state index in [1.54, 1.807) is 18.2 Å². The molecular formula is C12H13ClF3N3. The van der Waals surface area contributed by atoms with E-state index < -0.39 is 12.7 Å². The van der Waals surface area contributed by atoms with Crippen LogP contribution in [0.4, 0.5) is 13.2 Å². The molecule has 0 radical (unpaired) electrons. The summed E-state index contributed by atoms with van der Waals surface area (Å²) in [7, 11) is 0. The second-order valence-electron chi connectivity index (χ2n) is 4.12. The van der Waals surface area contributed by atoms with E-state index in [2.05, 4.69) is 10.3 Å². The number of halogens is 4. The van der Waals surface area contributed by atoms with Crippen molar-refractivity contribution in [2.45, 2.75) is 26.2 Å². The average molecular weight is 292 g/mol. The molecule has 1 N–H and O–H groups in total. The molecular weight excluding hydrogens is 279 g/mol. The molecule has 2 aromatic rings. The van der Waals surface area contributed by atoms with Crippen LogP contribution in [0.25, 0.3) is 11.0 Å². The van der Waals surface area contributed by atoms with Crippen molar-refractivity contribution in [2.24, 2.45) is 0 Å². The molecule has 0 fully saturated rings. The Labute approximate surface area is 113 Å². The zero-order valence-electron chi connectivity index (χ0n) is 10.3. The monoisotopic (exact) mass is 291 g/mol. The van der Waals surface area contributed by atoms with Crippen LogP contribution in [0, 0.1) is 0 Å². The van der Waals surface area contributed by atoms with Crippen LogP contribution < -0.4 is 5.32 Å². The fourth-order valence-electron chi connectivity index (χ4n) is 1.95. The molecule has 2 rings (SSSR count). The number of hydrogen-bond acceptors (Lipinski definition) is 2. The van der Waals surface area contributed by atoms with Crippen molar-refractivity contribution in [3.63, 3.8) is 0 Å². The first kappa shape index (κ1) is 14.1. The van der Waals surface area contributed by atoms with Gasteiger partial charge in [0.1, 0.15) is 5.82 Å². The molecule has 0 aliphatic heterocycles. The van der Waals surface area contributed by atoms with E-state index in [4.69, 9.17) is 11.6 Å². The van der Waals surface area contributed by atoms with Crippen LogP contribution in [0.15, 0.2) is 18.2 Å². The highest BCUT2D eigenvalue weighted by atomic mass is 35.5. The van der Waals surface area contributed by atoms with Gasteiger partial charge in [0, 0.05) is 11.6 Å². The maximum Gasteiger partial charge on any atom is 0.401 e. The fourth-order valence-corrected chi connectivity index (χ4v) is 2.12. The summed E-state index contributed by atoms with van der Waals surface area (Å²) >= 11 is 5.92. The zero-order valence-corrected chi connectivity index (χ0v) is 11.0. The van der Waals surface area contributed by atoms with Crippen LogP contribution in [0.2, 0.25) is 5.02 Å². The Bertz CT molecular complexity index is 577. The van der Waals surface area contributed by atoms with Crippen molar-refractivity contribution in [2.75, 3.05) is 6.54 Å². The van der Waals surface area contributed by atoms with Crippen LogP contribution >= 0.6 is 11.6 Å². The van der Waals surface area contributed by atoms with Crippen LogP contribution in [-0.4, -0.2) is 22.3 Å². The highest BCUT2D eigenvalue weighted by molar-refractivity contribution is 6.31. The molecule has 0 atom stereocenters. The van der Waals surface area contributed by atoms with Gasteiger partial charge in [-0.2, -0.15) is 13.2 Å². The standard InChI is InChI=1S/C12H13ClF3N3/c1-2-19-10-5-8(13)3-4-9(10)18-11(19)6-17-7-12(14,15)16/h3-5,17H,2,6-7H2,1H3. The van der Waals surface area contributed by atoms with Gasteiger partial charge in [-0.1, -0.05) is 11.6 Å². The van der Waals surface area contributed by atoms with Crippen LogP contribution in [0.1, 0.15) is 12.7 Å². The summed E-state index contributed by atoms with van der Waals surface area (Å²) in [4.78, 5) is 4.32. The molecule has 0 bridgehead atoms. The predicted octanol–water partition coefficient (Wildman–Crippen LogP) is 3.36. The van der Waals surface area contributed by atoms with Crippen molar-refractivity contribution in [1.82, 2.24) is 14.9 Å². The number of hydrogen-bond donors (Lipinski definition) is 1. The van der Waals surface area contributed by atoms with Crippen LogP contribution in [0.3, 0.4) is 0 Å². The summed E-state index contributed by atoms with van der Waals surface area (Å²) in [5.74, 6) is 0.573. The van der Waals surface area contributed by atoms with Crippen molar-refractivity contribution < 1.29 is 13.2 Å². The molecule has 0 aliphatic carbocycles. The summed E-state index contributed by atoms with van der Waals surface area (Å²) in [5.41, 5.74) is 1.56. The molecule has 19 heavy (non-hydrogen) atoms. The Morgan fingerprint density at radius 1 is 1.37 bits per heavy atom. The van der Waals surface area contributed by atoms with E-state index in [0.717, 1.165) is 11.0 Å². The van der Waals surface area contributed by atoms with Crippen molar-refractivity contribution >= 4 is 22.6 Å². The van der Waals surface area contributed by atoms with E-state index >= 15 is 0 Å². The lowest BCUT2D eigenvalue weighted by Gasteiger charge is -2.09. The highest BCUT2D eigenvalue weighted by Crippen LogP contribution is 2.21. The number of imidazole rings is 1. The Kier molecular flexibility index (Phi) is 4.01. The number of aromatic nitrogens is 2. The highest BCUT2D eigenvalue weighted by Gasteiger charge is 2.26. The molecule has 3 nitrogen and oxygen atoms in total. The molecule has 1 heterocycles. The Balaban J connectivity index is 2.23. The first-order valence-corrected chi connectivity index (χ1v) is 6.20. The Morgan fingerprint density at radius 2 is 2.11 bits per heavy atom. The van der Waals surface area contributed by atoms with Gasteiger partial charge in [-0.3, -0.25) is 0 Å². The number of aryl methyl sites for hydroxylation is 1. The van der Waals surface area contributed by atoms with Gasteiger partial charge in [0.05, 0.1) is 24.1 Å². The molecule has 0 saturated carbocycles. The minimum atomic E-state index is -4.22. The van der Waals surface area contributed by atoms with Gasteiger partial charge in [-0.05, 0) is 25.1 Å². The lowest BCUT2D eigenvalue weighted by molar-refractivity contribution is -0.125. The van der Waals surface area contributed by atoms with E-state index in [0.29, 0.717) is 17.4 Å². The molecule has 0 spiro atoms. The summed E-state index contributed by atoms with van der Waals surface area (Å²) in [6.07, 6.45) is -4.22. The zero-order chi connectivity index (χ0) is 14.0. The van der Waals surface area contributed by atoms with E-state index in [9.17, 15) is 13.2 Å². The number of benzene rings is 1. The normalized spacial score (nSPS) is 12.3. The average Bonchev–Trinajstić information content (AvgIpc) is 2.64. The van der Waals surface area contributed by atoms with Gasteiger partial charge in [0.15, 0.2) is 0 Å². The molecule has 0 amide bonds. The third kappa shape index (κ3) is 3.39. The smallest absolute Gasteiger partial charge is 0.327 e. The van der Waals surface area contributed by atoms with Gasteiger partial charge in [0.25, 0.3) is 0 Å². The summed E-state index contributed by atoms with van der Waals surface area (Å²) in [6, 6.07) is 5.24. The minimum absolute atomic E-state index is 0.0691. The SMILES string of the molecule is CCn1c(CNCC(F)(F)F)nc2ccc(Cl)cc21. The molecule has 1 aromatic carbocycles. The maximum absolute atomic E-state index is 12.1. The Hall–Kier alpha value is -1.27. The van der Waals surface area contributed by atoms with Crippen LogP contribution in [0.5, 0.6) is 0 Å². The van der Waals surface area contributed by atoms with Gasteiger partial charge in [0.2, 0.25) is 0 Å². The summed E-state index contributed by atoms with van der Waals surface area (Å²) in [5, 5.41) is 2.93. The molecule has 0 unspecified atom stereocenters. The van der Waals surface area contributed by atoms with E-state index in [1.807, 2.05) is 11.5 Å². The number of alkyl halides is 3. The van der Waals surface area contributed by atoms with Gasteiger partial charge >= 0.3 is 6.18 Å². The van der Waals surface area contributed by atoms with Gasteiger partial charge in [-0.15, -0.1) is 0 Å². The number of fused-ring (bicyclic) bond motifs is 1. The van der Waals surface area contributed by atoms with Gasteiger partial charge < -0.3 is 9.88 Å². The third-order valence-electron chi connectivity index (χ3n) is 2.71. The number of rotatable bonds is 4. The molecule has 1 aromatic heterocycles. The van der Waals surface area contributed by atoms with Crippen molar-refractivity contribution in [1.29, 1.82) is 0 Å². The summed E-state index contributed by atoms with van der Waals surface area (Å²) in [6.45, 7) is 1.58. The first-order valence-electron chi connectivity index (χ1n) is 5.83.